The van der Waals surface area contributed by atoms with Crippen LogP contribution >= 0.6 is 11.6 Å². The number of methoxy groups -OCH3 is 1. The Hall–Kier alpha value is -3.06. The largest absolute Gasteiger partial charge is 0.497 e. The van der Waals surface area contributed by atoms with Gasteiger partial charge in [0.25, 0.3) is 5.91 Å². The van der Waals surface area contributed by atoms with Crippen molar-refractivity contribution in [3.63, 3.8) is 0 Å². The van der Waals surface area contributed by atoms with Crippen LogP contribution in [0.5, 0.6) is 5.75 Å². The van der Waals surface area contributed by atoms with Gasteiger partial charge in [0.2, 0.25) is 5.91 Å². The number of nitrogens with one attached hydrogen (secondary N) is 1. The van der Waals surface area contributed by atoms with Crippen molar-refractivity contribution in [2.45, 2.75) is 32.4 Å². The van der Waals surface area contributed by atoms with Gasteiger partial charge < -0.3 is 15.0 Å². The molecule has 0 aromatic heterocycles. The van der Waals surface area contributed by atoms with Crippen molar-refractivity contribution in [2.75, 3.05) is 17.3 Å². The molecule has 1 aliphatic heterocycles. The predicted octanol–water partition coefficient (Wildman–Crippen LogP) is 3.92. The summed E-state index contributed by atoms with van der Waals surface area (Å²) in [4.78, 5) is 41.2. The Kier molecular flexibility index (Phi) is 6.08. The summed E-state index contributed by atoms with van der Waals surface area (Å²) in [6, 6.07) is 11.8. The highest BCUT2D eigenvalue weighted by molar-refractivity contribution is 6.30. The molecule has 1 unspecified atom stereocenters. The highest BCUT2D eigenvalue weighted by Gasteiger charge is 2.47. The number of urea groups is 1. The Morgan fingerprint density at radius 2 is 1.86 bits per heavy atom. The van der Waals surface area contributed by atoms with Crippen LogP contribution in [0.25, 0.3) is 0 Å². The van der Waals surface area contributed by atoms with E-state index in [0.29, 0.717) is 22.1 Å². The summed E-state index contributed by atoms with van der Waals surface area (Å²) < 4.78 is 5.19. The maximum absolute atomic E-state index is 13.1. The third-order valence-corrected chi connectivity index (χ3v) is 4.88. The molecule has 1 saturated heterocycles. The van der Waals surface area contributed by atoms with Crippen LogP contribution in [0, 0.1) is 0 Å². The summed E-state index contributed by atoms with van der Waals surface area (Å²) >= 11 is 5.85. The van der Waals surface area contributed by atoms with E-state index in [0.717, 1.165) is 4.90 Å². The summed E-state index contributed by atoms with van der Waals surface area (Å²) in [7, 11) is 1.51. The summed E-state index contributed by atoms with van der Waals surface area (Å²) in [6.07, 6.45) is -0.147. The second kappa shape index (κ2) is 8.53. The molecule has 7 nitrogen and oxygen atoms in total. The summed E-state index contributed by atoms with van der Waals surface area (Å²) in [5.74, 6) is -0.275. The maximum atomic E-state index is 13.1. The van der Waals surface area contributed by atoms with Crippen LogP contribution in [-0.4, -0.2) is 41.9 Å². The molecule has 0 aliphatic carbocycles. The molecular weight excluding hydrogens is 394 g/mol. The van der Waals surface area contributed by atoms with E-state index in [1.54, 1.807) is 48.5 Å². The molecule has 0 saturated carbocycles. The third kappa shape index (κ3) is 4.35. The SMILES string of the molecule is COc1cccc(N2C(=O)C(CC(=O)Nc3ccc(Cl)cc3)N(C(C)C)C2=O)c1. The summed E-state index contributed by atoms with van der Waals surface area (Å²) in [6.45, 7) is 3.62. The van der Waals surface area contributed by atoms with Crippen molar-refractivity contribution in [1.82, 2.24) is 4.90 Å². The first-order valence-corrected chi connectivity index (χ1v) is 9.55. The van der Waals surface area contributed by atoms with Gasteiger partial charge >= 0.3 is 6.03 Å². The van der Waals surface area contributed by atoms with Gasteiger partial charge in [-0.1, -0.05) is 17.7 Å². The monoisotopic (exact) mass is 415 g/mol. The minimum atomic E-state index is -0.888. The minimum Gasteiger partial charge on any atom is -0.497 e. The van der Waals surface area contributed by atoms with Gasteiger partial charge in [-0.05, 0) is 50.2 Å². The normalized spacial score (nSPS) is 16.5. The number of anilines is 2. The van der Waals surface area contributed by atoms with Crippen LogP contribution in [0.4, 0.5) is 16.2 Å². The van der Waals surface area contributed by atoms with E-state index >= 15 is 0 Å². The number of halogens is 1. The Morgan fingerprint density at radius 1 is 1.17 bits per heavy atom. The molecule has 2 aromatic carbocycles. The quantitative estimate of drug-likeness (QED) is 0.725. The Morgan fingerprint density at radius 3 is 2.48 bits per heavy atom. The number of benzene rings is 2. The Labute approximate surface area is 174 Å². The Bertz CT molecular complexity index is 930. The van der Waals surface area contributed by atoms with Crippen LogP contribution in [0.3, 0.4) is 0 Å². The number of rotatable bonds is 6. The third-order valence-electron chi connectivity index (χ3n) is 4.63. The number of hydrogen-bond acceptors (Lipinski definition) is 4. The molecule has 152 valence electrons. The molecule has 1 N–H and O–H groups in total. The van der Waals surface area contributed by atoms with Crippen LogP contribution < -0.4 is 15.0 Å². The average molecular weight is 416 g/mol. The van der Waals surface area contributed by atoms with E-state index in [1.165, 1.54) is 12.0 Å². The number of imide groups is 1. The lowest BCUT2D eigenvalue weighted by molar-refractivity contribution is -0.124. The molecule has 0 bridgehead atoms. The van der Waals surface area contributed by atoms with Crippen LogP contribution in [-0.2, 0) is 9.59 Å². The number of carbonyl (C=O) groups is 3. The Balaban J connectivity index is 1.82. The smallest absolute Gasteiger partial charge is 0.332 e. The van der Waals surface area contributed by atoms with E-state index in [2.05, 4.69) is 5.32 Å². The molecular formula is C21H22ClN3O4. The molecule has 29 heavy (non-hydrogen) atoms. The molecule has 1 aliphatic rings. The summed E-state index contributed by atoms with van der Waals surface area (Å²) in [5.41, 5.74) is 0.975. The van der Waals surface area contributed by atoms with E-state index in [1.807, 2.05) is 13.8 Å². The first-order valence-electron chi connectivity index (χ1n) is 9.17. The molecule has 4 amide bonds. The van der Waals surface area contributed by atoms with Gasteiger partial charge in [-0.3, -0.25) is 9.59 Å². The number of nitrogens with zero attached hydrogens (tertiary/aromatic N) is 2. The van der Waals surface area contributed by atoms with Crippen molar-refractivity contribution in [1.29, 1.82) is 0 Å². The predicted molar refractivity (Wildman–Crippen MR) is 111 cm³/mol. The molecule has 1 atom stereocenters. The van der Waals surface area contributed by atoms with Crippen molar-refractivity contribution in [3.8, 4) is 5.75 Å². The number of hydrogen-bond donors (Lipinski definition) is 1. The molecule has 1 fully saturated rings. The van der Waals surface area contributed by atoms with Crippen LogP contribution in [0.1, 0.15) is 20.3 Å². The molecule has 2 aromatic rings. The number of ether oxygens (including phenoxy) is 1. The topological polar surface area (TPSA) is 79.0 Å². The second-order valence-electron chi connectivity index (χ2n) is 6.93. The van der Waals surface area contributed by atoms with Gasteiger partial charge in [0.15, 0.2) is 0 Å². The van der Waals surface area contributed by atoms with Gasteiger partial charge in [-0.2, -0.15) is 0 Å². The molecule has 3 rings (SSSR count). The van der Waals surface area contributed by atoms with Crippen LogP contribution in [0.15, 0.2) is 48.5 Å². The molecule has 1 heterocycles. The average Bonchev–Trinajstić information content (AvgIpc) is 2.93. The zero-order chi connectivity index (χ0) is 21.1. The number of carbonyl (C=O) groups excluding carboxylic acids is 3. The van der Waals surface area contributed by atoms with Crippen molar-refractivity contribution >= 4 is 40.8 Å². The van der Waals surface area contributed by atoms with E-state index < -0.39 is 18.0 Å². The first-order chi connectivity index (χ1) is 13.8. The maximum Gasteiger partial charge on any atom is 0.332 e. The molecule has 0 radical (unpaired) electrons. The van der Waals surface area contributed by atoms with Crippen molar-refractivity contribution < 1.29 is 19.1 Å². The standard InChI is InChI=1S/C21H22ClN3O4/c1-13(2)24-18(12-19(26)23-15-9-7-14(22)8-10-15)20(27)25(21(24)28)16-5-4-6-17(11-16)29-3/h4-11,13,18H,12H2,1-3H3,(H,23,26). The van der Waals surface area contributed by atoms with E-state index in [9.17, 15) is 14.4 Å². The van der Waals surface area contributed by atoms with Crippen molar-refractivity contribution in [2.24, 2.45) is 0 Å². The fourth-order valence-electron chi connectivity index (χ4n) is 3.29. The molecule has 8 heteroatoms. The van der Waals surface area contributed by atoms with Gasteiger partial charge in [-0.25, -0.2) is 9.69 Å². The number of amides is 4. The van der Waals surface area contributed by atoms with E-state index in [-0.39, 0.29) is 18.4 Å². The van der Waals surface area contributed by atoms with Gasteiger partial charge in [0, 0.05) is 22.8 Å². The van der Waals surface area contributed by atoms with Gasteiger partial charge in [0.05, 0.1) is 19.2 Å². The lowest BCUT2D eigenvalue weighted by Gasteiger charge is -2.25. The minimum absolute atomic E-state index is 0.147. The zero-order valence-electron chi connectivity index (χ0n) is 16.4. The fourth-order valence-corrected chi connectivity index (χ4v) is 3.41. The van der Waals surface area contributed by atoms with Gasteiger partial charge in [-0.15, -0.1) is 0 Å². The highest BCUT2D eigenvalue weighted by Crippen LogP contribution is 2.30. The van der Waals surface area contributed by atoms with Crippen LogP contribution in [0.2, 0.25) is 5.02 Å². The lowest BCUT2D eigenvalue weighted by Crippen LogP contribution is -2.42. The summed E-state index contributed by atoms with van der Waals surface area (Å²) in [5, 5.41) is 3.29. The lowest BCUT2D eigenvalue weighted by atomic mass is 10.1. The van der Waals surface area contributed by atoms with E-state index in [4.69, 9.17) is 16.3 Å². The first kappa shape index (κ1) is 20.7. The van der Waals surface area contributed by atoms with Crippen molar-refractivity contribution in [3.05, 3.63) is 53.6 Å². The fraction of sp³-hybridized carbons (Fsp3) is 0.286. The molecule has 0 spiro atoms. The second-order valence-corrected chi connectivity index (χ2v) is 7.37. The highest BCUT2D eigenvalue weighted by atomic mass is 35.5. The van der Waals surface area contributed by atoms with Gasteiger partial charge in [0.1, 0.15) is 11.8 Å². The zero-order valence-corrected chi connectivity index (χ0v) is 17.1.